The van der Waals surface area contributed by atoms with Crippen molar-refractivity contribution in [3.63, 3.8) is 0 Å². The lowest BCUT2D eigenvalue weighted by molar-refractivity contribution is -0.00293. The van der Waals surface area contributed by atoms with Gasteiger partial charge in [0, 0.05) is 13.1 Å². The molecule has 1 fully saturated rings. The first-order valence-electron chi connectivity index (χ1n) is 7.85. The first kappa shape index (κ1) is 17.1. The summed E-state index contributed by atoms with van der Waals surface area (Å²) in [5, 5.41) is 0. The summed E-state index contributed by atoms with van der Waals surface area (Å²) in [6, 6.07) is 13.4. The van der Waals surface area contributed by atoms with Gasteiger partial charge in [0.2, 0.25) is 10.0 Å². The van der Waals surface area contributed by atoms with Gasteiger partial charge in [0.25, 0.3) is 0 Å². The Morgan fingerprint density at radius 2 is 1.88 bits per heavy atom. The zero-order valence-electron chi connectivity index (χ0n) is 13.5. The van der Waals surface area contributed by atoms with Gasteiger partial charge in [-0.15, -0.1) is 0 Å². The van der Waals surface area contributed by atoms with Crippen LogP contribution in [0.15, 0.2) is 48.5 Å². The number of rotatable bonds is 4. The standard InChI is InChI=1S/C18H20FNO3S/c1-14-4-2-3-5-17(14)18-12-20(10-11-23-18)24(21,22)13-15-6-8-16(19)9-7-15/h2-9,18H,10-13H2,1H3. The molecule has 0 aromatic heterocycles. The van der Waals surface area contributed by atoms with Gasteiger partial charge in [-0.25, -0.2) is 12.8 Å². The highest BCUT2D eigenvalue weighted by Gasteiger charge is 2.30. The summed E-state index contributed by atoms with van der Waals surface area (Å²) in [4.78, 5) is 0. The molecular weight excluding hydrogens is 329 g/mol. The number of aryl methyl sites for hydroxylation is 1. The van der Waals surface area contributed by atoms with Crippen LogP contribution < -0.4 is 0 Å². The number of halogens is 1. The first-order chi connectivity index (χ1) is 11.5. The van der Waals surface area contributed by atoms with Crippen LogP contribution in [0.2, 0.25) is 0 Å². The predicted molar refractivity (Wildman–Crippen MR) is 90.5 cm³/mol. The fourth-order valence-corrected chi connectivity index (χ4v) is 4.41. The third kappa shape index (κ3) is 3.83. The smallest absolute Gasteiger partial charge is 0.218 e. The summed E-state index contributed by atoms with van der Waals surface area (Å²) in [5.41, 5.74) is 2.68. The van der Waals surface area contributed by atoms with Gasteiger partial charge < -0.3 is 4.74 Å². The van der Waals surface area contributed by atoms with Crippen molar-refractivity contribution in [1.82, 2.24) is 4.31 Å². The fraction of sp³-hybridized carbons (Fsp3) is 0.333. The van der Waals surface area contributed by atoms with Crippen molar-refractivity contribution in [2.45, 2.75) is 18.8 Å². The van der Waals surface area contributed by atoms with Gasteiger partial charge in [0.05, 0.1) is 18.5 Å². The number of hydrogen-bond acceptors (Lipinski definition) is 3. The molecule has 0 amide bonds. The van der Waals surface area contributed by atoms with Crippen LogP contribution in [0.3, 0.4) is 0 Å². The molecule has 0 bridgehead atoms. The van der Waals surface area contributed by atoms with Crippen molar-refractivity contribution in [2.24, 2.45) is 0 Å². The molecular formula is C18H20FNO3S. The lowest BCUT2D eigenvalue weighted by Crippen LogP contribution is -2.42. The molecule has 128 valence electrons. The van der Waals surface area contributed by atoms with Gasteiger partial charge >= 0.3 is 0 Å². The van der Waals surface area contributed by atoms with Crippen LogP contribution in [0.4, 0.5) is 4.39 Å². The van der Waals surface area contributed by atoms with Gasteiger partial charge in [-0.05, 0) is 35.7 Å². The number of morpholine rings is 1. The van der Waals surface area contributed by atoms with E-state index in [0.29, 0.717) is 25.3 Å². The molecule has 1 heterocycles. The average molecular weight is 349 g/mol. The molecule has 0 aliphatic carbocycles. The Balaban J connectivity index is 1.76. The highest BCUT2D eigenvalue weighted by molar-refractivity contribution is 7.88. The van der Waals surface area contributed by atoms with E-state index in [-0.39, 0.29) is 17.7 Å². The third-order valence-electron chi connectivity index (χ3n) is 4.22. The lowest BCUT2D eigenvalue weighted by atomic mass is 10.0. The van der Waals surface area contributed by atoms with Crippen molar-refractivity contribution in [1.29, 1.82) is 0 Å². The molecule has 0 N–H and O–H groups in total. The van der Waals surface area contributed by atoms with Crippen LogP contribution in [-0.2, 0) is 20.5 Å². The van der Waals surface area contributed by atoms with E-state index in [4.69, 9.17) is 4.74 Å². The Morgan fingerprint density at radius 1 is 1.17 bits per heavy atom. The molecule has 2 aromatic rings. The SMILES string of the molecule is Cc1ccccc1C1CN(S(=O)(=O)Cc2ccc(F)cc2)CCO1. The van der Waals surface area contributed by atoms with E-state index in [1.807, 2.05) is 31.2 Å². The molecule has 24 heavy (non-hydrogen) atoms. The topological polar surface area (TPSA) is 46.6 Å². The highest BCUT2D eigenvalue weighted by Crippen LogP contribution is 2.27. The van der Waals surface area contributed by atoms with E-state index in [0.717, 1.165) is 11.1 Å². The maximum atomic E-state index is 13.0. The van der Waals surface area contributed by atoms with E-state index < -0.39 is 10.0 Å². The second kappa shape index (κ2) is 7.01. The van der Waals surface area contributed by atoms with Crippen LogP contribution in [0.1, 0.15) is 22.8 Å². The van der Waals surface area contributed by atoms with Gasteiger partial charge in [0.1, 0.15) is 5.82 Å². The predicted octanol–water partition coefficient (Wildman–Crippen LogP) is 3.04. The Morgan fingerprint density at radius 3 is 2.58 bits per heavy atom. The van der Waals surface area contributed by atoms with Gasteiger partial charge in [-0.2, -0.15) is 4.31 Å². The molecule has 2 aromatic carbocycles. The maximum Gasteiger partial charge on any atom is 0.218 e. The van der Waals surface area contributed by atoms with Crippen LogP contribution >= 0.6 is 0 Å². The lowest BCUT2D eigenvalue weighted by Gasteiger charge is -2.33. The maximum absolute atomic E-state index is 13.0. The molecule has 0 saturated carbocycles. The number of nitrogens with zero attached hydrogens (tertiary/aromatic N) is 1. The fourth-order valence-electron chi connectivity index (χ4n) is 2.90. The quantitative estimate of drug-likeness (QED) is 0.852. The van der Waals surface area contributed by atoms with Gasteiger partial charge in [-0.1, -0.05) is 36.4 Å². The molecule has 1 unspecified atom stereocenters. The zero-order chi connectivity index (χ0) is 17.2. The summed E-state index contributed by atoms with van der Waals surface area (Å²) < 4.78 is 45.6. The summed E-state index contributed by atoms with van der Waals surface area (Å²) in [6.45, 7) is 2.99. The average Bonchev–Trinajstić information content (AvgIpc) is 2.57. The molecule has 6 heteroatoms. The van der Waals surface area contributed by atoms with Crippen LogP contribution in [0.25, 0.3) is 0 Å². The van der Waals surface area contributed by atoms with Crippen molar-refractivity contribution in [2.75, 3.05) is 19.7 Å². The van der Waals surface area contributed by atoms with E-state index in [9.17, 15) is 12.8 Å². The number of ether oxygens (including phenoxy) is 1. The molecule has 4 nitrogen and oxygen atoms in total. The van der Waals surface area contributed by atoms with Crippen LogP contribution in [0.5, 0.6) is 0 Å². The highest BCUT2D eigenvalue weighted by atomic mass is 32.2. The molecule has 1 saturated heterocycles. The summed E-state index contributed by atoms with van der Waals surface area (Å²) >= 11 is 0. The molecule has 0 spiro atoms. The second-order valence-electron chi connectivity index (χ2n) is 5.96. The minimum Gasteiger partial charge on any atom is -0.371 e. The number of sulfonamides is 1. The monoisotopic (exact) mass is 349 g/mol. The van der Waals surface area contributed by atoms with Crippen molar-refractivity contribution >= 4 is 10.0 Å². The minimum atomic E-state index is -3.47. The van der Waals surface area contributed by atoms with E-state index in [1.165, 1.54) is 28.6 Å². The van der Waals surface area contributed by atoms with E-state index in [1.54, 1.807) is 0 Å². The van der Waals surface area contributed by atoms with Gasteiger partial charge in [-0.3, -0.25) is 0 Å². The molecule has 1 atom stereocenters. The van der Waals surface area contributed by atoms with E-state index in [2.05, 4.69) is 0 Å². The minimum absolute atomic E-state index is 0.131. The Bertz CT molecular complexity index is 805. The molecule has 0 radical (unpaired) electrons. The summed E-state index contributed by atoms with van der Waals surface area (Å²) in [7, 11) is -3.47. The molecule has 3 rings (SSSR count). The van der Waals surface area contributed by atoms with E-state index >= 15 is 0 Å². The van der Waals surface area contributed by atoms with Crippen molar-refractivity contribution in [3.05, 3.63) is 71.0 Å². The Kier molecular flexibility index (Phi) is 4.99. The molecule has 1 aliphatic rings. The first-order valence-corrected chi connectivity index (χ1v) is 9.46. The summed E-state index contributed by atoms with van der Waals surface area (Å²) in [6.07, 6.45) is -0.261. The van der Waals surface area contributed by atoms with Crippen molar-refractivity contribution < 1.29 is 17.5 Å². The van der Waals surface area contributed by atoms with Crippen LogP contribution in [0, 0.1) is 12.7 Å². The zero-order valence-corrected chi connectivity index (χ0v) is 14.3. The Hall–Kier alpha value is -1.76. The second-order valence-corrected chi connectivity index (χ2v) is 7.93. The van der Waals surface area contributed by atoms with Crippen LogP contribution in [-0.4, -0.2) is 32.4 Å². The third-order valence-corrected chi connectivity index (χ3v) is 6.04. The van der Waals surface area contributed by atoms with Gasteiger partial charge in [0.15, 0.2) is 0 Å². The van der Waals surface area contributed by atoms with Crippen molar-refractivity contribution in [3.8, 4) is 0 Å². The number of benzene rings is 2. The normalized spacial score (nSPS) is 19.3. The Labute approximate surface area is 141 Å². The molecule has 1 aliphatic heterocycles. The largest absolute Gasteiger partial charge is 0.371 e. The number of hydrogen-bond donors (Lipinski definition) is 0. The summed E-state index contributed by atoms with van der Waals surface area (Å²) in [5.74, 6) is -0.504.